The number of piperidine rings is 1. The Morgan fingerprint density at radius 1 is 1.09 bits per heavy atom. The number of hydrogen-bond donors (Lipinski definition) is 3. The van der Waals surface area contributed by atoms with Gasteiger partial charge in [-0.05, 0) is 69.0 Å². The number of nitrogens with zero attached hydrogens (tertiary/aromatic N) is 4. The van der Waals surface area contributed by atoms with Crippen LogP contribution in [0.3, 0.4) is 0 Å². The molecule has 0 radical (unpaired) electrons. The van der Waals surface area contributed by atoms with Crippen LogP contribution in [0.5, 0.6) is 5.75 Å². The number of aromatic nitrogens is 1. The molecule has 2 aliphatic carbocycles. The maximum atomic E-state index is 12.4. The fourth-order valence-corrected chi connectivity index (χ4v) is 6.72. The standard InChI is InChI=1S/C31H38ClF3N6O3/c1-2-22-18-40(30-25(32)15-21(16-36-30)38-27-26(28(42)29(27)43)37-20-5-6-20)13-14-41(22)23-9-11-39(12-10-23)17-19-3-7-24(8-4-19)44-31(33,34)35/h3-4,7-8,15-16,20,22-23,28,37-38,42H,2,5-6,9-14,17-18H2,1H3/t22-,28?/m0/s1. The summed E-state index contributed by atoms with van der Waals surface area (Å²) in [5, 5.41) is 16.9. The number of piperazine rings is 1. The van der Waals surface area contributed by atoms with E-state index in [1.807, 2.05) is 0 Å². The first kappa shape index (κ1) is 30.9. The number of pyridine rings is 1. The molecule has 2 aromatic rings. The number of carbonyl (C=O) groups excluding carboxylic acids is 1. The van der Waals surface area contributed by atoms with E-state index in [0.29, 0.717) is 46.8 Å². The number of Topliss-reactive ketones (excluding diaryl/α,β-unsaturated/α-hetero) is 1. The smallest absolute Gasteiger partial charge is 0.406 e. The van der Waals surface area contributed by atoms with Crippen LogP contribution >= 0.6 is 11.6 Å². The summed E-state index contributed by atoms with van der Waals surface area (Å²) in [5.41, 5.74) is 2.48. The second-order valence-corrected chi connectivity index (χ2v) is 12.5. The van der Waals surface area contributed by atoms with Crippen LogP contribution in [0.15, 0.2) is 47.9 Å². The SMILES string of the molecule is CC[C@H]1CN(c2ncc(NC3=C(NC4CC4)C(O)C3=O)cc2Cl)CCN1C1CCN(Cc2ccc(OC(F)(F)F)cc2)CC1. The monoisotopic (exact) mass is 634 g/mol. The van der Waals surface area contributed by atoms with Gasteiger partial charge in [0.1, 0.15) is 17.3 Å². The predicted molar refractivity (Wildman–Crippen MR) is 161 cm³/mol. The van der Waals surface area contributed by atoms with E-state index in [0.717, 1.165) is 76.2 Å². The average Bonchev–Trinajstić information content (AvgIpc) is 3.84. The lowest BCUT2D eigenvalue weighted by Crippen LogP contribution is -2.58. The van der Waals surface area contributed by atoms with Crippen LogP contribution in [0.1, 0.15) is 44.6 Å². The Kier molecular flexibility index (Phi) is 8.96. The zero-order chi connectivity index (χ0) is 31.0. The number of carbonyl (C=O) groups is 1. The van der Waals surface area contributed by atoms with Crippen molar-refractivity contribution in [3.05, 3.63) is 58.5 Å². The minimum absolute atomic E-state index is 0.201. The lowest BCUT2D eigenvalue weighted by Gasteiger charge is -2.47. The Balaban J connectivity index is 1.01. The highest BCUT2D eigenvalue weighted by atomic mass is 35.5. The van der Waals surface area contributed by atoms with E-state index in [1.54, 1.807) is 24.4 Å². The lowest BCUT2D eigenvalue weighted by atomic mass is 9.94. The Labute approximate surface area is 260 Å². The van der Waals surface area contributed by atoms with Gasteiger partial charge < -0.3 is 25.4 Å². The molecule has 9 nitrogen and oxygen atoms in total. The van der Waals surface area contributed by atoms with Crippen LogP contribution in [0.4, 0.5) is 24.7 Å². The Morgan fingerprint density at radius 2 is 1.82 bits per heavy atom. The number of rotatable bonds is 10. The van der Waals surface area contributed by atoms with Gasteiger partial charge in [-0.15, -0.1) is 13.2 Å². The van der Waals surface area contributed by atoms with Crippen LogP contribution in [0, 0.1) is 0 Å². The van der Waals surface area contributed by atoms with Crippen LogP contribution in [0.2, 0.25) is 5.02 Å². The molecule has 0 amide bonds. The number of ether oxygens (including phenoxy) is 1. The van der Waals surface area contributed by atoms with Gasteiger partial charge in [0.15, 0.2) is 6.10 Å². The molecule has 1 aromatic carbocycles. The molecule has 3 heterocycles. The number of aliphatic hydroxyl groups excluding tert-OH is 1. The predicted octanol–water partition coefficient (Wildman–Crippen LogP) is 4.52. The van der Waals surface area contributed by atoms with Gasteiger partial charge in [0.25, 0.3) is 0 Å². The summed E-state index contributed by atoms with van der Waals surface area (Å²) in [6.45, 7) is 7.27. The third-order valence-corrected chi connectivity index (χ3v) is 9.23. The molecule has 2 atom stereocenters. The van der Waals surface area contributed by atoms with Crippen molar-refractivity contribution in [1.29, 1.82) is 0 Å². The lowest BCUT2D eigenvalue weighted by molar-refractivity contribution is -0.274. The first-order chi connectivity index (χ1) is 21.1. The zero-order valence-electron chi connectivity index (χ0n) is 24.6. The van der Waals surface area contributed by atoms with Gasteiger partial charge in [0.2, 0.25) is 5.78 Å². The summed E-state index contributed by atoms with van der Waals surface area (Å²) in [7, 11) is 0. The van der Waals surface area contributed by atoms with Crippen molar-refractivity contribution in [3.8, 4) is 5.75 Å². The van der Waals surface area contributed by atoms with Crippen molar-refractivity contribution in [2.45, 2.75) is 76.2 Å². The normalized spacial score (nSPS) is 24.0. The van der Waals surface area contributed by atoms with Crippen molar-refractivity contribution < 1.29 is 27.8 Å². The number of ketones is 1. The van der Waals surface area contributed by atoms with Crippen molar-refractivity contribution in [2.75, 3.05) is 42.9 Å². The molecular formula is C31H38ClF3N6O3. The molecule has 4 aliphatic rings. The van der Waals surface area contributed by atoms with Gasteiger partial charge in [-0.25, -0.2) is 4.98 Å². The first-order valence-electron chi connectivity index (χ1n) is 15.3. The van der Waals surface area contributed by atoms with Crippen molar-refractivity contribution >= 4 is 28.9 Å². The highest BCUT2D eigenvalue weighted by Gasteiger charge is 2.41. The highest BCUT2D eigenvalue weighted by molar-refractivity contribution is 6.33. The van der Waals surface area contributed by atoms with E-state index in [-0.39, 0.29) is 11.5 Å². The maximum absolute atomic E-state index is 12.4. The number of nitrogens with one attached hydrogen (secondary N) is 2. The second kappa shape index (κ2) is 12.7. The van der Waals surface area contributed by atoms with Crippen LogP contribution < -0.4 is 20.3 Å². The third kappa shape index (κ3) is 7.09. The van der Waals surface area contributed by atoms with Crippen LogP contribution in [-0.4, -0.2) is 89.0 Å². The van der Waals surface area contributed by atoms with Gasteiger partial charge in [-0.2, -0.15) is 0 Å². The molecule has 1 saturated carbocycles. The topological polar surface area (TPSA) is 93.2 Å². The number of halogens is 4. The number of benzene rings is 1. The quantitative estimate of drug-likeness (QED) is 0.349. The van der Waals surface area contributed by atoms with Gasteiger partial charge >= 0.3 is 6.36 Å². The first-order valence-corrected chi connectivity index (χ1v) is 15.7. The number of alkyl halides is 3. The van der Waals surface area contributed by atoms with Crippen molar-refractivity contribution in [2.24, 2.45) is 0 Å². The summed E-state index contributed by atoms with van der Waals surface area (Å²) in [6.07, 6.45) is 1.04. The molecule has 0 spiro atoms. The summed E-state index contributed by atoms with van der Waals surface area (Å²) >= 11 is 6.71. The molecule has 3 fully saturated rings. The maximum Gasteiger partial charge on any atom is 0.573 e. The summed E-state index contributed by atoms with van der Waals surface area (Å²) in [6, 6.07) is 9.05. The highest BCUT2D eigenvalue weighted by Crippen LogP contribution is 2.33. The minimum Gasteiger partial charge on any atom is -0.406 e. The molecule has 1 unspecified atom stereocenters. The number of anilines is 2. The van der Waals surface area contributed by atoms with E-state index in [9.17, 15) is 23.1 Å². The minimum atomic E-state index is -4.69. The Morgan fingerprint density at radius 3 is 2.45 bits per heavy atom. The molecular weight excluding hydrogens is 597 g/mol. The Hall–Kier alpha value is -3.06. The van der Waals surface area contributed by atoms with E-state index < -0.39 is 12.5 Å². The molecule has 2 saturated heterocycles. The zero-order valence-corrected chi connectivity index (χ0v) is 25.4. The summed E-state index contributed by atoms with van der Waals surface area (Å²) in [5.74, 6) is 0.185. The molecule has 2 aliphatic heterocycles. The number of likely N-dealkylation sites (tertiary alicyclic amines) is 1. The van der Waals surface area contributed by atoms with Gasteiger partial charge in [0, 0.05) is 44.3 Å². The van der Waals surface area contributed by atoms with Crippen molar-refractivity contribution in [3.63, 3.8) is 0 Å². The molecule has 0 bridgehead atoms. The molecule has 238 valence electrons. The third-order valence-electron chi connectivity index (χ3n) is 8.95. The van der Waals surface area contributed by atoms with Crippen LogP contribution in [0.25, 0.3) is 0 Å². The van der Waals surface area contributed by atoms with Gasteiger partial charge in [0.05, 0.1) is 22.6 Å². The molecule has 13 heteroatoms. The second-order valence-electron chi connectivity index (χ2n) is 12.1. The molecule has 44 heavy (non-hydrogen) atoms. The summed E-state index contributed by atoms with van der Waals surface area (Å²) < 4.78 is 41.3. The van der Waals surface area contributed by atoms with E-state index in [2.05, 4.69) is 42.0 Å². The van der Waals surface area contributed by atoms with E-state index >= 15 is 0 Å². The van der Waals surface area contributed by atoms with E-state index in [1.165, 1.54) is 12.1 Å². The number of hydrogen-bond acceptors (Lipinski definition) is 9. The molecule has 3 N–H and O–H groups in total. The molecule has 1 aromatic heterocycles. The fourth-order valence-electron chi connectivity index (χ4n) is 6.43. The average molecular weight is 635 g/mol. The largest absolute Gasteiger partial charge is 0.573 e. The number of aliphatic hydroxyl groups is 1. The molecule has 6 rings (SSSR count). The fraction of sp³-hybridized carbons (Fsp3) is 0.548. The van der Waals surface area contributed by atoms with Gasteiger partial charge in [-0.1, -0.05) is 30.7 Å². The Bertz CT molecular complexity index is 1380. The van der Waals surface area contributed by atoms with E-state index in [4.69, 9.17) is 11.6 Å². The van der Waals surface area contributed by atoms with Gasteiger partial charge in [-0.3, -0.25) is 14.6 Å². The summed E-state index contributed by atoms with van der Waals surface area (Å²) in [4.78, 5) is 24.1. The van der Waals surface area contributed by atoms with Crippen molar-refractivity contribution in [1.82, 2.24) is 20.1 Å². The van der Waals surface area contributed by atoms with Crippen LogP contribution in [-0.2, 0) is 11.3 Å².